The number of aromatic hydroxyl groups is 1. The van der Waals surface area contributed by atoms with E-state index in [4.69, 9.17) is 10.5 Å². The molecule has 1 aromatic carbocycles. The fourth-order valence-electron chi connectivity index (χ4n) is 6.02. The van der Waals surface area contributed by atoms with Gasteiger partial charge in [0.2, 0.25) is 0 Å². The van der Waals surface area contributed by atoms with Crippen LogP contribution in [0.1, 0.15) is 46.0 Å². The second-order valence-corrected chi connectivity index (χ2v) is 9.57. The summed E-state index contributed by atoms with van der Waals surface area (Å²) in [6.45, 7) is 1.27. The Bertz CT molecular complexity index is 1190. The Labute approximate surface area is 195 Å². The third-order valence-electron chi connectivity index (χ3n) is 7.33. The van der Waals surface area contributed by atoms with Gasteiger partial charge in [-0.1, -0.05) is 0 Å². The van der Waals surface area contributed by atoms with E-state index < -0.39 is 58.1 Å². The van der Waals surface area contributed by atoms with E-state index in [1.807, 2.05) is 0 Å². The summed E-state index contributed by atoms with van der Waals surface area (Å²) >= 11 is 0. The van der Waals surface area contributed by atoms with Gasteiger partial charge in [0.05, 0.1) is 24.2 Å². The molecule has 10 nitrogen and oxygen atoms in total. The molecular formula is C24H28N2O8. The van der Waals surface area contributed by atoms with Crippen molar-refractivity contribution in [1.82, 2.24) is 0 Å². The number of nitrogens with two attached hydrogens (primary N) is 1. The fourth-order valence-corrected chi connectivity index (χ4v) is 6.02. The maximum Gasteiger partial charge on any atom is 0.341 e. The summed E-state index contributed by atoms with van der Waals surface area (Å²) in [7, 11) is 4.64. The molecule has 0 aromatic heterocycles. The van der Waals surface area contributed by atoms with Crippen LogP contribution in [0.2, 0.25) is 0 Å². The molecule has 182 valence electrons. The van der Waals surface area contributed by atoms with E-state index in [2.05, 4.69) is 0 Å². The van der Waals surface area contributed by atoms with Crippen LogP contribution >= 0.6 is 0 Å². The average molecular weight is 472 g/mol. The van der Waals surface area contributed by atoms with Gasteiger partial charge in [-0.05, 0) is 43.2 Å². The normalized spacial score (nSPS) is 28.1. The Morgan fingerprint density at radius 2 is 1.85 bits per heavy atom. The van der Waals surface area contributed by atoms with Gasteiger partial charge in [-0.25, -0.2) is 4.79 Å². The second kappa shape index (κ2) is 7.76. The number of aliphatic hydroxyl groups excluding tert-OH is 2. The maximum atomic E-state index is 13.7. The first kappa shape index (κ1) is 23.6. The lowest BCUT2D eigenvalue weighted by molar-refractivity contribution is -0.119. The van der Waals surface area contributed by atoms with Crippen molar-refractivity contribution in [2.75, 3.05) is 26.1 Å². The zero-order valence-electron chi connectivity index (χ0n) is 19.4. The lowest BCUT2D eigenvalue weighted by Crippen LogP contribution is -2.52. The van der Waals surface area contributed by atoms with Crippen molar-refractivity contribution in [2.45, 2.75) is 31.8 Å². The highest BCUT2D eigenvalue weighted by atomic mass is 16.5. The first-order valence-corrected chi connectivity index (χ1v) is 10.9. The molecule has 10 heteroatoms. The number of Topliss-reactive ketones (excluding diaryl/α,β-unsaturated/α-hetero) is 1. The summed E-state index contributed by atoms with van der Waals surface area (Å²) in [4.78, 5) is 39.6. The van der Waals surface area contributed by atoms with Crippen molar-refractivity contribution in [3.8, 4) is 5.75 Å². The van der Waals surface area contributed by atoms with Crippen LogP contribution in [0, 0.1) is 17.8 Å². The van der Waals surface area contributed by atoms with Crippen LogP contribution in [0.5, 0.6) is 5.75 Å². The van der Waals surface area contributed by atoms with Crippen LogP contribution in [0.15, 0.2) is 28.7 Å². The Kier molecular flexibility index (Phi) is 5.39. The molecule has 0 saturated heterocycles. The Morgan fingerprint density at radius 1 is 1.21 bits per heavy atom. The summed E-state index contributed by atoms with van der Waals surface area (Å²) in [6.07, 6.45) is 0.635. The quantitative estimate of drug-likeness (QED) is 0.409. The molecule has 3 aliphatic carbocycles. The van der Waals surface area contributed by atoms with Crippen LogP contribution in [-0.4, -0.2) is 64.9 Å². The largest absolute Gasteiger partial charge is 0.512 e. The zero-order valence-corrected chi connectivity index (χ0v) is 19.4. The zero-order chi connectivity index (χ0) is 25.3. The van der Waals surface area contributed by atoms with E-state index in [0.29, 0.717) is 17.7 Å². The number of ether oxygens (including phenoxy) is 1. The predicted molar refractivity (Wildman–Crippen MR) is 121 cm³/mol. The molecule has 1 aromatic rings. The number of nitrogens with zero attached hydrogens (tertiary/aromatic N) is 1. The fraction of sp³-hybridized carbons (Fsp3) is 0.458. The number of primary amides is 1. The minimum Gasteiger partial charge on any atom is -0.512 e. The first-order chi connectivity index (χ1) is 15.8. The maximum absolute atomic E-state index is 13.7. The topological polar surface area (TPSA) is 171 Å². The molecule has 4 rings (SSSR count). The summed E-state index contributed by atoms with van der Waals surface area (Å²) in [5.41, 5.74) is 3.79. The van der Waals surface area contributed by atoms with Crippen molar-refractivity contribution in [3.05, 3.63) is 45.4 Å². The van der Waals surface area contributed by atoms with E-state index >= 15 is 0 Å². The minimum atomic E-state index is -2.01. The molecule has 0 bridgehead atoms. The molecule has 0 radical (unpaired) electrons. The number of rotatable bonds is 3. The number of ketones is 1. The lowest BCUT2D eigenvalue weighted by Gasteiger charge is -2.48. The van der Waals surface area contributed by atoms with Gasteiger partial charge < -0.3 is 35.8 Å². The molecule has 0 saturated carbocycles. The summed E-state index contributed by atoms with van der Waals surface area (Å²) in [6, 6.07) is 1.46. The summed E-state index contributed by atoms with van der Waals surface area (Å²) in [5, 5.41) is 43.8. The van der Waals surface area contributed by atoms with Gasteiger partial charge >= 0.3 is 5.97 Å². The lowest BCUT2D eigenvalue weighted by atomic mass is 9.58. The first-order valence-electron chi connectivity index (χ1n) is 10.9. The SMILES string of the molecule is COC(=O)c1cc(N(C)C)c2c(c1O)C(=O)C1=C(O)C3C(CC(O)=C(C(N)=O)[C@]3(C)O)CC1C2. The molecule has 3 aliphatic rings. The Morgan fingerprint density at radius 3 is 2.41 bits per heavy atom. The number of benzene rings is 1. The third-order valence-corrected chi connectivity index (χ3v) is 7.33. The van der Waals surface area contributed by atoms with Gasteiger partial charge in [0, 0.05) is 31.8 Å². The molecule has 3 unspecified atom stereocenters. The van der Waals surface area contributed by atoms with Crippen molar-refractivity contribution < 1.29 is 39.5 Å². The number of esters is 1. The number of fused-ring (bicyclic) bond motifs is 3. The number of hydrogen-bond acceptors (Lipinski definition) is 9. The van der Waals surface area contributed by atoms with Crippen LogP contribution in [-0.2, 0) is 16.0 Å². The third kappa shape index (κ3) is 3.16. The van der Waals surface area contributed by atoms with Crippen molar-refractivity contribution in [2.24, 2.45) is 23.5 Å². The standard InChI is InChI=1S/C24H28N2O8/c1-24(33)17-10(7-14(27)18(24)22(25)31)5-9-6-11-13(26(2)3)8-12(23(32)34-4)19(28)16(11)20(29)15(9)21(17)30/h8-10,17,27-28,30,33H,5-7H2,1-4H3,(H2,25,31)/t9?,10?,17?,24-/m1/s1. The van der Waals surface area contributed by atoms with E-state index in [1.54, 1.807) is 19.0 Å². The molecule has 0 aliphatic heterocycles. The number of aliphatic hydroxyl groups is 3. The number of amides is 1. The highest BCUT2D eigenvalue weighted by Gasteiger charge is 2.55. The highest BCUT2D eigenvalue weighted by Crippen LogP contribution is 2.54. The predicted octanol–water partition coefficient (Wildman–Crippen LogP) is 1.50. The Balaban J connectivity index is 1.93. The molecule has 0 heterocycles. The second-order valence-electron chi connectivity index (χ2n) is 9.57. The van der Waals surface area contributed by atoms with Crippen LogP contribution in [0.3, 0.4) is 0 Å². The number of phenols is 1. The van der Waals surface area contributed by atoms with Gasteiger partial charge in [-0.3, -0.25) is 9.59 Å². The number of carbonyl (C=O) groups is 3. The molecule has 4 atom stereocenters. The van der Waals surface area contributed by atoms with E-state index in [-0.39, 0.29) is 35.3 Å². The van der Waals surface area contributed by atoms with Gasteiger partial charge in [0.1, 0.15) is 28.4 Å². The van der Waals surface area contributed by atoms with Gasteiger partial charge in [0.25, 0.3) is 5.91 Å². The minimum absolute atomic E-state index is 0.0149. The number of phenolic OH excluding ortho intramolecular Hbond substituents is 1. The molecule has 1 amide bonds. The van der Waals surface area contributed by atoms with Gasteiger partial charge in [0.15, 0.2) is 5.78 Å². The monoisotopic (exact) mass is 472 g/mol. The number of hydrogen-bond donors (Lipinski definition) is 5. The van der Waals surface area contributed by atoms with Crippen LogP contribution < -0.4 is 10.6 Å². The Hall–Kier alpha value is -3.53. The number of allylic oxidation sites excluding steroid dienone is 2. The van der Waals surface area contributed by atoms with E-state index in [9.17, 15) is 34.8 Å². The summed E-state index contributed by atoms with van der Waals surface area (Å²) in [5.74, 6) is -5.72. The molecule has 0 spiro atoms. The van der Waals surface area contributed by atoms with Crippen molar-refractivity contribution >= 4 is 23.3 Å². The van der Waals surface area contributed by atoms with Crippen LogP contribution in [0.25, 0.3) is 0 Å². The number of anilines is 1. The number of carbonyl (C=O) groups excluding carboxylic acids is 3. The molecule has 6 N–H and O–H groups in total. The van der Waals surface area contributed by atoms with Crippen LogP contribution in [0.4, 0.5) is 5.69 Å². The number of methoxy groups -OCH3 is 1. The molecule has 0 fully saturated rings. The van der Waals surface area contributed by atoms with Crippen molar-refractivity contribution in [3.63, 3.8) is 0 Å². The molecular weight excluding hydrogens is 444 g/mol. The smallest absolute Gasteiger partial charge is 0.341 e. The average Bonchev–Trinajstić information content (AvgIpc) is 2.71. The van der Waals surface area contributed by atoms with E-state index in [1.165, 1.54) is 13.0 Å². The van der Waals surface area contributed by atoms with Crippen molar-refractivity contribution in [1.29, 1.82) is 0 Å². The molecule has 34 heavy (non-hydrogen) atoms. The summed E-state index contributed by atoms with van der Waals surface area (Å²) < 4.78 is 4.75. The van der Waals surface area contributed by atoms with E-state index in [0.717, 1.165) is 7.11 Å². The van der Waals surface area contributed by atoms with Gasteiger partial charge in [-0.15, -0.1) is 0 Å². The highest BCUT2D eigenvalue weighted by molar-refractivity contribution is 6.16. The van der Waals surface area contributed by atoms with Gasteiger partial charge in [-0.2, -0.15) is 0 Å².